The first-order chi connectivity index (χ1) is 16.4. The number of ether oxygens (including phenoxy) is 1. The van der Waals surface area contributed by atoms with Crippen molar-refractivity contribution in [2.24, 2.45) is 5.73 Å². The van der Waals surface area contributed by atoms with E-state index in [1.807, 2.05) is 18.5 Å². The van der Waals surface area contributed by atoms with Crippen LogP contribution in [0.2, 0.25) is 0 Å². The Bertz CT molecular complexity index is 1360. The molecule has 0 aliphatic carbocycles. The highest BCUT2D eigenvalue weighted by Gasteiger charge is 2.25. The van der Waals surface area contributed by atoms with Gasteiger partial charge in [0.15, 0.2) is 11.4 Å². The largest absolute Gasteiger partial charge is 0.493 e. The molecular weight excluding hydrogens is 432 g/mol. The van der Waals surface area contributed by atoms with Crippen LogP contribution in [0, 0.1) is 6.92 Å². The summed E-state index contributed by atoms with van der Waals surface area (Å²) in [6, 6.07) is 2.00. The van der Waals surface area contributed by atoms with Gasteiger partial charge in [0.25, 0.3) is 0 Å². The molecule has 0 bridgehead atoms. The van der Waals surface area contributed by atoms with Gasteiger partial charge in [-0.25, -0.2) is 14.5 Å². The molecule has 0 saturated carbocycles. The molecule has 1 aliphatic rings. The van der Waals surface area contributed by atoms with E-state index in [1.165, 1.54) is 17.3 Å². The number of anilines is 1. The first-order valence-corrected chi connectivity index (χ1v) is 11.5. The predicted octanol–water partition coefficient (Wildman–Crippen LogP) is 2.32. The van der Waals surface area contributed by atoms with Crippen LogP contribution in [0.4, 0.5) is 5.82 Å². The van der Waals surface area contributed by atoms with E-state index in [2.05, 4.69) is 45.6 Å². The number of pyridine rings is 2. The van der Waals surface area contributed by atoms with Crippen LogP contribution in [0.5, 0.6) is 5.75 Å². The third kappa shape index (κ3) is 3.73. The fourth-order valence-electron chi connectivity index (χ4n) is 5.01. The molecule has 4 aromatic rings. The van der Waals surface area contributed by atoms with Gasteiger partial charge in [-0.3, -0.25) is 9.69 Å². The molecule has 10 nitrogen and oxygen atoms in total. The van der Waals surface area contributed by atoms with Gasteiger partial charge in [-0.2, -0.15) is 5.10 Å². The molecule has 0 spiro atoms. The number of methoxy groups -OCH3 is 1. The van der Waals surface area contributed by atoms with Gasteiger partial charge in [-0.05, 0) is 24.5 Å². The summed E-state index contributed by atoms with van der Waals surface area (Å²) in [5.41, 5.74) is 11.5. The Kier molecular flexibility index (Phi) is 5.60. The number of primary amides is 1. The summed E-state index contributed by atoms with van der Waals surface area (Å²) in [6.45, 7) is 10.0. The van der Waals surface area contributed by atoms with Crippen molar-refractivity contribution >= 4 is 28.3 Å². The number of H-pyrrole nitrogens is 1. The minimum atomic E-state index is -0.286. The Hall–Kier alpha value is -3.66. The predicted molar refractivity (Wildman–Crippen MR) is 131 cm³/mol. The zero-order valence-corrected chi connectivity index (χ0v) is 20.0. The first kappa shape index (κ1) is 22.1. The number of nitrogens with zero attached hydrogens (tertiary/aromatic N) is 6. The fraction of sp³-hybridized carbons (Fsp3) is 0.417. The lowest BCUT2D eigenvalue weighted by molar-refractivity contribution is -0.119. The van der Waals surface area contributed by atoms with Crippen LogP contribution in [0.15, 0.2) is 24.8 Å². The van der Waals surface area contributed by atoms with Crippen LogP contribution in [0.3, 0.4) is 0 Å². The third-order valence-electron chi connectivity index (χ3n) is 6.57. The number of aryl methyl sites for hydroxylation is 1. The Labute approximate surface area is 197 Å². The van der Waals surface area contributed by atoms with Gasteiger partial charge in [0.2, 0.25) is 5.91 Å². The minimum absolute atomic E-state index is 0.280. The lowest BCUT2D eigenvalue weighted by atomic mass is 9.95. The molecule has 10 heteroatoms. The van der Waals surface area contributed by atoms with E-state index in [-0.39, 0.29) is 11.8 Å². The lowest BCUT2D eigenvalue weighted by Crippen LogP contribution is -2.49. The molecule has 1 aliphatic heterocycles. The van der Waals surface area contributed by atoms with Crippen LogP contribution < -0.4 is 15.4 Å². The maximum atomic E-state index is 11.3. The van der Waals surface area contributed by atoms with Crippen LogP contribution >= 0.6 is 0 Å². The summed E-state index contributed by atoms with van der Waals surface area (Å²) in [6.07, 6.45) is 5.43. The molecule has 0 atom stereocenters. The fourth-order valence-corrected chi connectivity index (χ4v) is 5.01. The number of aromatic amines is 1. The zero-order chi connectivity index (χ0) is 24.0. The van der Waals surface area contributed by atoms with Gasteiger partial charge in [-0.1, -0.05) is 13.8 Å². The molecule has 178 valence electrons. The van der Waals surface area contributed by atoms with Gasteiger partial charge in [0.1, 0.15) is 12.1 Å². The van der Waals surface area contributed by atoms with Crippen LogP contribution in [0.25, 0.3) is 27.8 Å². The second-order valence-corrected chi connectivity index (χ2v) is 9.12. The molecule has 3 N–H and O–H groups in total. The second-order valence-electron chi connectivity index (χ2n) is 9.12. The van der Waals surface area contributed by atoms with Crippen molar-refractivity contribution in [3.05, 3.63) is 35.9 Å². The van der Waals surface area contributed by atoms with Crippen molar-refractivity contribution in [1.82, 2.24) is 29.5 Å². The summed E-state index contributed by atoms with van der Waals surface area (Å²) >= 11 is 0. The van der Waals surface area contributed by atoms with Gasteiger partial charge in [0, 0.05) is 48.9 Å². The zero-order valence-electron chi connectivity index (χ0n) is 20.0. The number of piperazine rings is 1. The highest BCUT2D eigenvalue weighted by molar-refractivity contribution is 5.95. The van der Waals surface area contributed by atoms with E-state index in [9.17, 15) is 4.79 Å². The average Bonchev–Trinajstić information content (AvgIpc) is 3.44. The number of rotatable bonds is 6. The summed E-state index contributed by atoms with van der Waals surface area (Å²) in [4.78, 5) is 28.4. The number of fused-ring (bicyclic) bond motifs is 2. The maximum absolute atomic E-state index is 11.3. The number of aromatic nitrogens is 5. The number of carbonyl (C=O) groups excluding carboxylic acids is 1. The van der Waals surface area contributed by atoms with Crippen molar-refractivity contribution in [3.63, 3.8) is 0 Å². The Morgan fingerprint density at radius 1 is 1.24 bits per heavy atom. The third-order valence-corrected chi connectivity index (χ3v) is 6.57. The number of hydrogen-bond donors (Lipinski definition) is 2. The molecule has 0 aromatic carbocycles. The molecule has 1 fully saturated rings. The summed E-state index contributed by atoms with van der Waals surface area (Å²) in [5.74, 6) is 1.66. The van der Waals surface area contributed by atoms with Gasteiger partial charge in [0.05, 0.1) is 31.1 Å². The second kappa shape index (κ2) is 8.60. The van der Waals surface area contributed by atoms with E-state index in [4.69, 9.17) is 15.5 Å². The summed E-state index contributed by atoms with van der Waals surface area (Å²) in [7, 11) is 1.64. The molecule has 5 heterocycles. The molecule has 1 saturated heterocycles. The number of hydrogen-bond acceptors (Lipinski definition) is 7. The molecule has 4 aromatic heterocycles. The smallest absolute Gasteiger partial charge is 0.231 e. The van der Waals surface area contributed by atoms with Crippen molar-refractivity contribution < 1.29 is 9.53 Å². The molecule has 0 radical (unpaired) electrons. The Morgan fingerprint density at radius 2 is 2.00 bits per heavy atom. The Balaban J connectivity index is 1.58. The van der Waals surface area contributed by atoms with Crippen molar-refractivity contribution in [3.8, 4) is 17.0 Å². The van der Waals surface area contributed by atoms with Crippen LogP contribution in [-0.2, 0) is 4.79 Å². The molecule has 0 unspecified atom stereocenters. The standard InChI is InChI=1S/C24H30N8O2/c1-14(2)20-21-15(3)23(31-7-5-30(6-8-31)12-19(25)33)26-10-17(21)29-22(20)16-9-18(34-4)24-27-13-28-32(24)11-16/h9-11,13-14,29H,5-8,12H2,1-4H3,(H2,25,33). The first-order valence-electron chi connectivity index (χ1n) is 11.5. The lowest BCUT2D eigenvalue weighted by Gasteiger charge is -2.35. The van der Waals surface area contributed by atoms with Crippen molar-refractivity contribution in [1.29, 1.82) is 0 Å². The Morgan fingerprint density at radius 3 is 2.68 bits per heavy atom. The maximum Gasteiger partial charge on any atom is 0.231 e. The molecule has 5 rings (SSSR count). The van der Waals surface area contributed by atoms with E-state index in [0.29, 0.717) is 17.9 Å². The topological polar surface area (TPSA) is 118 Å². The minimum Gasteiger partial charge on any atom is -0.493 e. The van der Waals surface area contributed by atoms with Gasteiger partial charge >= 0.3 is 0 Å². The van der Waals surface area contributed by atoms with Crippen molar-refractivity contribution in [2.45, 2.75) is 26.7 Å². The molecular formula is C24H30N8O2. The molecule has 1 amide bonds. The quantitative estimate of drug-likeness (QED) is 0.451. The summed E-state index contributed by atoms with van der Waals surface area (Å²) in [5, 5.41) is 5.52. The molecule has 34 heavy (non-hydrogen) atoms. The van der Waals surface area contributed by atoms with Gasteiger partial charge in [-0.15, -0.1) is 0 Å². The van der Waals surface area contributed by atoms with Crippen LogP contribution in [0.1, 0.15) is 30.9 Å². The number of nitrogens with two attached hydrogens (primary N) is 1. The van der Waals surface area contributed by atoms with E-state index < -0.39 is 0 Å². The highest BCUT2D eigenvalue weighted by Crippen LogP contribution is 2.40. The van der Waals surface area contributed by atoms with E-state index >= 15 is 0 Å². The van der Waals surface area contributed by atoms with E-state index in [1.54, 1.807) is 11.6 Å². The average molecular weight is 463 g/mol. The van der Waals surface area contributed by atoms with E-state index in [0.717, 1.165) is 54.3 Å². The summed E-state index contributed by atoms with van der Waals surface area (Å²) < 4.78 is 7.33. The number of carbonyl (C=O) groups is 1. The van der Waals surface area contributed by atoms with Gasteiger partial charge < -0.3 is 20.4 Å². The number of amides is 1. The van der Waals surface area contributed by atoms with Crippen molar-refractivity contribution in [2.75, 3.05) is 44.7 Å². The number of nitrogens with one attached hydrogen (secondary N) is 1. The van der Waals surface area contributed by atoms with Crippen LogP contribution in [-0.4, -0.2) is 75.2 Å². The monoisotopic (exact) mass is 462 g/mol. The SMILES string of the molecule is COc1cc(-c2[nH]c3cnc(N4CCN(CC(N)=O)CC4)c(C)c3c2C(C)C)cn2ncnc12. The highest BCUT2D eigenvalue weighted by atomic mass is 16.5. The normalized spacial score (nSPS) is 15.0.